The Labute approximate surface area is 366 Å². The Hall–Kier alpha value is -8.19. The van der Waals surface area contributed by atoms with Crippen LogP contribution in [-0.4, -0.2) is 24.1 Å². The first kappa shape index (κ1) is 35.6. The number of benzene rings is 9. The summed E-state index contributed by atoms with van der Waals surface area (Å²) in [5, 5.41) is 7.10. The van der Waals surface area contributed by atoms with E-state index in [4.69, 9.17) is 15.0 Å². The molecule has 0 aliphatic heterocycles. The lowest BCUT2D eigenvalue weighted by molar-refractivity contribution is 0.953. The molecule has 0 aliphatic rings. The zero-order chi connectivity index (χ0) is 41.4. The fraction of sp³-hybridized carbons (Fsp3) is 0. The van der Waals surface area contributed by atoms with Crippen molar-refractivity contribution in [1.82, 2.24) is 24.1 Å². The SMILES string of the molecule is c1ccc(-c2cccc(-c3cccc(-n4c5ccccc5c5ccc6c7ccccc7n(-c7nc(-c8ccccc8)nc(-c8ccc9c(c8)sc8ccccc89)n7)c6c54)c3)c2)cc1. The Kier molecular flexibility index (Phi) is 8.01. The topological polar surface area (TPSA) is 48.5 Å². The minimum absolute atomic E-state index is 0.567. The van der Waals surface area contributed by atoms with Crippen LogP contribution in [0.25, 0.3) is 120 Å². The molecule has 4 heterocycles. The number of para-hydroxylation sites is 2. The van der Waals surface area contributed by atoms with Crippen LogP contribution in [0.5, 0.6) is 0 Å². The summed E-state index contributed by atoms with van der Waals surface area (Å²) in [6.07, 6.45) is 0. The van der Waals surface area contributed by atoms with Gasteiger partial charge in [0.15, 0.2) is 11.6 Å². The van der Waals surface area contributed by atoms with Crippen molar-refractivity contribution in [3.8, 4) is 56.7 Å². The third kappa shape index (κ3) is 5.73. The van der Waals surface area contributed by atoms with Gasteiger partial charge in [-0.25, -0.2) is 4.98 Å². The fourth-order valence-electron chi connectivity index (χ4n) is 9.49. The highest BCUT2D eigenvalue weighted by Crippen LogP contribution is 2.43. The molecule has 0 fully saturated rings. The molecule has 13 aromatic rings. The monoisotopic (exact) mass is 821 g/mol. The van der Waals surface area contributed by atoms with Crippen LogP contribution in [-0.2, 0) is 0 Å². The van der Waals surface area contributed by atoms with Gasteiger partial charge in [-0.2, -0.15) is 9.97 Å². The molecule has 63 heavy (non-hydrogen) atoms. The Morgan fingerprint density at radius 2 is 0.810 bits per heavy atom. The van der Waals surface area contributed by atoms with Crippen LogP contribution in [0.2, 0.25) is 0 Å². The van der Waals surface area contributed by atoms with Crippen molar-refractivity contribution in [3.05, 3.63) is 212 Å². The largest absolute Gasteiger partial charge is 0.307 e. The van der Waals surface area contributed by atoms with E-state index in [1.165, 1.54) is 42.2 Å². The molecule has 0 bridgehead atoms. The second-order valence-electron chi connectivity index (χ2n) is 16.0. The van der Waals surface area contributed by atoms with Crippen molar-refractivity contribution in [3.63, 3.8) is 0 Å². The fourth-order valence-corrected chi connectivity index (χ4v) is 10.6. The lowest BCUT2D eigenvalue weighted by Crippen LogP contribution is -2.07. The second-order valence-corrected chi connectivity index (χ2v) is 17.1. The van der Waals surface area contributed by atoms with Crippen molar-refractivity contribution in [2.45, 2.75) is 0 Å². The molecular weight excluding hydrogens is 787 g/mol. The lowest BCUT2D eigenvalue weighted by atomic mass is 9.99. The molecule has 6 heteroatoms. The van der Waals surface area contributed by atoms with Crippen molar-refractivity contribution >= 4 is 75.1 Å². The molecule has 0 atom stereocenters. The van der Waals surface area contributed by atoms with Crippen LogP contribution in [0.4, 0.5) is 0 Å². The van der Waals surface area contributed by atoms with Crippen LogP contribution in [0, 0.1) is 0 Å². The van der Waals surface area contributed by atoms with Gasteiger partial charge in [-0.15, -0.1) is 11.3 Å². The summed E-state index contributed by atoms with van der Waals surface area (Å²) in [5.74, 6) is 1.82. The van der Waals surface area contributed by atoms with E-state index >= 15 is 0 Å². The van der Waals surface area contributed by atoms with Gasteiger partial charge in [0.2, 0.25) is 5.95 Å². The van der Waals surface area contributed by atoms with E-state index < -0.39 is 0 Å². The molecule has 0 radical (unpaired) electrons. The first-order valence-corrected chi connectivity index (χ1v) is 22.0. The average molecular weight is 822 g/mol. The normalized spacial score (nSPS) is 11.8. The van der Waals surface area contributed by atoms with E-state index in [0.29, 0.717) is 17.6 Å². The molecule has 294 valence electrons. The van der Waals surface area contributed by atoms with E-state index in [0.717, 1.165) is 60.6 Å². The summed E-state index contributed by atoms with van der Waals surface area (Å²) < 4.78 is 7.17. The highest BCUT2D eigenvalue weighted by atomic mass is 32.1. The van der Waals surface area contributed by atoms with Crippen LogP contribution < -0.4 is 0 Å². The summed E-state index contributed by atoms with van der Waals surface area (Å²) in [5.41, 5.74) is 11.9. The minimum Gasteiger partial charge on any atom is -0.307 e. The third-order valence-corrected chi connectivity index (χ3v) is 13.5. The summed E-state index contributed by atoms with van der Waals surface area (Å²) in [4.78, 5) is 16.0. The quantitative estimate of drug-likeness (QED) is 0.168. The van der Waals surface area contributed by atoms with Gasteiger partial charge in [-0.3, -0.25) is 4.57 Å². The van der Waals surface area contributed by atoms with Crippen LogP contribution >= 0.6 is 11.3 Å². The first-order valence-electron chi connectivity index (χ1n) is 21.2. The summed E-state index contributed by atoms with van der Waals surface area (Å²) in [6, 6.07) is 75.7. The zero-order valence-corrected chi connectivity index (χ0v) is 34.7. The number of aromatic nitrogens is 5. The van der Waals surface area contributed by atoms with E-state index in [-0.39, 0.29) is 0 Å². The molecule has 0 amide bonds. The van der Waals surface area contributed by atoms with E-state index in [2.05, 4.69) is 203 Å². The predicted molar refractivity (Wildman–Crippen MR) is 263 cm³/mol. The van der Waals surface area contributed by atoms with Crippen molar-refractivity contribution in [2.24, 2.45) is 0 Å². The maximum atomic E-state index is 5.42. The highest BCUT2D eigenvalue weighted by molar-refractivity contribution is 7.25. The molecule has 0 N–H and O–H groups in total. The van der Waals surface area contributed by atoms with Gasteiger partial charge in [0.25, 0.3) is 0 Å². The molecule has 5 nitrogen and oxygen atoms in total. The standard InChI is InChI=1S/C57H35N5S/c1-3-15-36(16-4-1)38-19-13-20-39(33-38)40-21-14-22-42(34-40)61-49-26-10-7-23-43(49)47-31-32-48-44-24-8-11-27-50(44)62(54(48)53(47)61)57-59-55(37-17-5-2-6-18-37)58-56(60-57)41-29-30-46-45-25-9-12-28-51(45)63-52(46)35-41/h1-35H. The Bertz CT molecular complexity index is 3920. The van der Waals surface area contributed by atoms with Crippen molar-refractivity contribution in [2.75, 3.05) is 0 Å². The number of fused-ring (bicyclic) bond motifs is 10. The molecular formula is C57H35N5S. The van der Waals surface area contributed by atoms with Crippen molar-refractivity contribution in [1.29, 1.82) is 0 Å². The number of nitrogens with zero attached hydrogens (tertiary/aromatic N) is 5. The molecule has 0 unspecified atom stereocenters. The molecule has 13 rings (SSSR count). The average Bonchev–Trinajstić information content (AvgIpc) is 4.02. The van der Waals surface area contributed by atoms with Gasteiger partial charge < -0.3 is 4.57 Å². The zero-order valence-electron chi connectivity index (χ0n) is 33.9. The second kappa shape index (κ2) is 14.2. The number of rotatable bonds is 6. The first-order chi connectivity index (χ1) is 31.2. The van der Waals surface area contributed by atoms with Gasteiger partial charge in [0.05, 0.1) is 22.1 Å². The van der Waals surface area contributed by atoms with Crippen LogP contribution in [0.1, 0.15) is 0 Å². The Balaban J connectivity index is 1.09. The molecule has 0 saturated heterocycles. The predicted octanol–water partition coefficient (Wildman–Crippen LogP) is 15.1. The molecule has 0 saturated carbocycles. The van der Waals surface area contributed by atoms with Gasteiger partial charge in [0, 0.05) is 58.5 Å². The van der Waals surface area contributed by atoms with E-state index in [9.17, 15) is 0 Å². The number of thiophene rings is 1. The van der Waals surface area contributed by atoms with Gasteiger partial charge in [0.1, 0.15) is 0 Å². The lowest BCUT2D eigenvalue weighted by Gasteiger charge is -2.14. The molecule has 0 aliphatic carbocycles. The Morgan fingerprint density at radius 1 is 0.302 bits per heavy atom. The van der Waals surface area contributed by atoms with Gasteiger partial charge in [-0.05, 0) is 64.7 Å². The van der Waals surface area contributed by atoms with Crippen LogP contribution in [0.15, 0.2) is 212 Å². The Morgan fingerprint density at radius 3 is 1.54 bits per heavy atom. The summed E-state index contributed by atoms with van der Waals surface area (Å²) in [7, 11) is 0. The van der Waals surface area contributed by atoms with Crippen molar-refractivity contribution < 1.29 is 0 Å². The minimum atomic E-state index is 0.567. The maximum absolute atomic E-state index is 5.42. The van der Waals surface area contributed by atoms with Gasteiger partial charge in [-0.1, -0.05) is 170 Å². The summed E-state index contributed by atoms with van der Waals surface area (Å²) in [6.45, 7) is 0. The molecule has 4 aromatic heterocycles. The highest BCUT2D eigenvalue weighted by Gasteiger charge is 2.24. The summed E-state index contributed by atoms with van der Waals surface area (Å²) >= 11 is 1.80. The smallest absolute Gasteiger partial charge is 0.238 e. The third-order valence-electron chi connectivity index (χ3n) is 12.4. The number of hydrogen-bond acceptors (Lipinski definition) is 4. The molecule has 0 spiro atoms. The van der Waals surface area contributed by atoms with E-state index in [1.807, 2.05) is 18.2 Å². The van der Waals surface area contributed by atoms with Gasteiger partial charge >= 0.3 is 0 Å². The maximum Gasteiger partial charge on any atom is 0.238 e. The van der Waals surface area contributed by atoms with Crippen LogP contribution in [0.3, 0.4) is 0 Å². The van der Waals surface area contributed by atoms with E-state index in [1.54, 1.807) is 11.3 Å². The molecule has 9 aromatic carbocycles. The number of hydrogen-bond donors (Lipinski definition) is 0.